The quantitative estimate of drug-likeness (QED) is 0.771. The van der Waals surface area contributed by atoms with Gasteiger partial charge in [-0.1, -0.05) is 0 Å². The zero-order valence-electron chi connectivity index (χ0n) is 11.4. The summed E-state index contributed by atoms with van der Waals surface area (Å²) >= 11 is 0. The fourth-order valence-electron chi connectivity index (χ4n) is 2.80. The minimum Gasteiger partial charge on any atom is -0.444 e. The van der Waals surface area contributed by atoms with Crippen molar-refractivity contribution >= 4 is 6.09 Å². The molecular formula is C13H23NO4. The zero-order valence-corrected chi connectivity index (χ0v) is 11.4. The normalized spacial score (nSPS) is 32.2. The predicted molar refractivity (Wildman–Crippen MR) is 66.3 cm³/mol. The number of aliphatic hydroxyl groups is 1. The highest BCUT2D eigenvalue weighted by Crippen LogP contribution is 2.41. The summed E-state index contributed by atoms with van der Waals surface area (Å²) in [5.74, 6) is 0. The van der Waals surface area contributed by atoms with Gasteiger partial charge >= 0.3 is 6.09 Å². The van der Waals surface area contributed by atoms with E-state index in [1.807, 2.05) is 20.8 Å². The molecule has 0 aliphatic carbocycles. The van der Waals surface area contributed by atoms with Crippen molar-refractivity contribution in [2.75, 3.05) is 26.4 Å². The molecular weight excluding hydrogens is 234 g/mol. The van der Waals surface area contributed by atoms with Gasteiger partial charge in [0.1, 0.15) is 5.60 Å². The molecule has 2 fully saturated rings. The van der Waals surface area contributed by atoms with Crippen molar-refractivity contribution < 1.29 is 19.4 Å². The molecule has 0 radical (unpaired) electrons. The highest BCUT2D eigenvalue weighted by molar-refractivity contribution is 5.69. The van der Waals surface area contributed by atoms with Crippen molar-refractivity contribution in [3.8, 4) is 0 Å². The minimum absolute atomic E-state index is 0.0129. The van der Waals surface area contributed by atoms with Gasteiger partial charge in [-0.05, 0) is 33.6 Å². The summed E-state index contributed by atoms with van der Waals surface area (Å²) in [6, 6.07) is -0.137. The maximum atomic E-state index is 12.1. The van der Waals surface area contributed by atoms with Gasteiger partial charge in [0, 0.05) is 18.6 Å². The van der Waals surface area contributed by atoms with Crippen molar-refractivity contribution in [2.24, 2.45) is 5.41 Å². The molecule has 2 aliphatic heterocycles. The molecule has 2 heterocycles. The molecule has 2 atom stereocenters. The molecule has 0 aromatic heterocycles. The topological polar surface area (TPSA) is 59.0 Å². The van der Waals surface area contributed by atoms with E-state index in [1.54, 1.807) is 4.90 Å². The fourth-order valence-corrected chi connectivity index (χ4v) is 2.80. The Morgan fingerprint density at radius 2 is 2.28 bits per heavy atom. The Kier molecular flexibility index (Phi) is 3.56. The van der Waals surface area contributed by atoms with E-state index in [-0.39, 0.29) is 24.2 Å². The molecule has 1 N–H and O–H groups in total. The molecule has 18 heavy (non-hydrogen) atoms. The molecule has 0 bridgehead atoms. The number of hydrogen-bond acceptors (Lipinski definition) is 4. The number of hydrogen-bond donors (Lipinski definition) is 1. The van der Waals surface area contributed by atoms with Gasteiger partial charge in [0.2, 0.25) is 0 Å². The Hall–Kier alpha value is -0.810. The van der Waals surface area contributed by atoms with Crippen LogP contribution in [0.15, 0.2) is 0 Å². The lowest BCUT2D eigenvalue weighted by Crippen LogP contribution is -2.42. The zero-order chi connectivity index (χ0) is 13.4. The second kappa shape index (κ2) is 4.70. The Labute approximate surface area is 108 Å². The molecule has 1 spiro atoms. The van der Waals surface area contributed by atoms with Crippen LogP contribution in [-0.4, -0.2) is 54.1 Å². The summed E-state index contributed by atoms with van der Waals surface area (Å²) < 4.78 is 10.8. The maximum absolute atomic E-state index is 12.1. The second-order valence-electron chi connectivity index (χ2n) is 6.45. The van der Waals surface area contributed by atoms with Crippen LogP contribution in [0.1, 0.15) is 33.6 Å². The number of likely N-dealkylation sites (tertiary alicyclic amines) is 1. The summed E-state index contributed by atoms with van der Waals surface area (Å²) in [6.07, 6.45) is 1.44. The van der Waals surface area contributed by atoms with Crippen LogP contribution in [0, 0.1) is 5.41 Å². The lowest BCUT2D eigenvalue weighted by Gasteiger charge is -2.28. The second-order valence-corrected chi connectivity index (χ2v) is 6.45. The number of aliphatic hydroxyl groups excluding tert-OH is 1. The van der Waals surface area contributed by atoms with Gasteiger partial charge < -0.3 is 19.5 Å². The van der Waals surface area contributed by atoms with E-state index in [1.165, 1.54) is 0 Å². The van der Waals surface area contributed by atoms with Crippen LogP contribution in [0.5, 0.6) is 0 Å². The van der Waals surface area contributed by atoms with E-state index in [0.717, 1.165) is 19.4 Å². The molecule has 5 nitrogen and oxygen atoms in total. The summed E-state index contributed by atoms with van der Waals surface area (Å²) in [4.78, 5) is 13.8. The predicted octanol–water partition coefficient (Wildman–Crippen LogP) is 1.39. The first-order valence-corrected chi connectivity index (χ1v) is 6.53. The number of carbonyl (C=O) groups is 1. The first kappa shape index (κ1) is 13.6. The Balaban J connectivity index is 2.05. The van der Waals surface area contributed by atoms with Gasteiger partial charge in [-0.15, -0.1) is 0 Å². The average molecular weight is 257 g/mol. The highest BCUT2D eigenvalue weighted by atomic mass is 16.6. The molecule has 5 heteroatoms. The molecule has 2 rings (SSSR count). The van der Waals surface area contributed by atoms with Crippen LogP contribution in [0.4, 0.5) is 4.79 Å². The van der Waals surface area contributed by atoms with Gasteiger partial charge in [-0.2, -0.15) is 0 Å². The van der Waals surface area contributed by atoms with Crippen molar-refractivity contribution in [2.45, 2.75) is 45.3 Å². The number of carbonyl (C=O) groups excluding carboxylic acids is 1. The fraction of sp³-hybridized carbons (Fsp3) is 0.923. The average Bonchev–Trinajstić information content (AvgIpc) is 2.84. The smallest absolute Gasteiger partial charge is 0.410 e. The van der Waals surface area contributed by atoms with Crippen LogP contribution in [0.3, 0.4) is 0 Å². The van der Waals surface area contributed by atoms with E-state index >= 15 is 0 Å². The van der Waals surface area contributed by atoms with Crippen molar-refractivity contribution in [3.63, 3.8) is 0 Å². The van der Waals surface area contributed by atoms with Gasteiger partial charge in [-0.25, -0.2) is 4.79 Å². The molecule has 0 saturated carbocycles. The molecule has 104 valence electrons. The number of nitrogens with zero attached hydrogens (tertiary/aromatic N) is 1. The van der Waals surface area contributed by atoms with E-state index in [4.69, 9.17) is 9.47 Å². The lowest BCUT2D eigenvalue weighted by atomic mass is 9.85. The SMILES string of the molecule is CC(C)(C)OC(=O)N1CC2(CCOC2)C[C@H]1CO. The van der Waals surface area contributed by atoms with Crippen LogP contribution in [0.25, 0.3) is 0 Å². The third kappa shape index (κ3) is 2.78. The van der Waals surface area contributed by atoms with Crippen LogP contribution < -0.4 is 0 Å². The third-order valence-electron chi connectivity index (χ3n) is 3.64. The Morgan fingerprint density at radius 3 is 2.78 bits per heavy atom. The largest absolute Gasteiger partial charge is 0.444 e. The van der Waals surface area contributed by atoms with Crippen molar-refractivity contribution in [1.29, 1.82) is 0 Å². The van der Waals surface area contributed by atoms with Crippen LogP contribution in [0.2, 0.25) is 0 Å². The molecule has 2 saturated heterocycles. The monoisotopic (exact) mass is 257 g/mol. The van der Waals surface area contributed by atoms with Crippen LogP contribution in [-0.2, 0) is 9.47 Å². The van der Waals surface area contributed by atoms with Gasteiger partial charge in [0.25, 0.3) is 0 Å². The summed E-state index contributed by atoms with van der Waals surface area (Å²) in [5.41, 5.74) is -0.469. The standard InChI is InChI=1S/C13H23NO4/c1-12(2,3)18-11(16)14-8-13(4-5-17-9-13)6-10(14)7-15/h10,15H,4-9H2,1-3H3/t10-,13?/m0/s1. The summed E-state index contributed by atoms with van der Waals surface area (Å²) in [6.45, 7) is 7.60. The van der Waals surface area contributed by atoms with Crippen molar-refractivity contribution in [1.82, 2.24) is 4.90 Å². The van der Waals surface area contributed by atoms with Gasteiger partial charge in [-0.3, -0.25) is 0 Å². The Bertz CT molecular complexity index is 317. The highest BCUT2D eigenvalue weighted by Gasteiger charge is 2.48. The van der Waals surface area contributed by atoms with Gasteiger partial charge in [0.15, 0.2) is 0 Å². The van der Waals surface area contributed by atoms with Gasteiger partial charge in [0.05, 0.1) is 19.3 Å². The van der Waals surface area contributed by atoms with E-state index in [0.29, 0.717) is 13.2 Å². The lowest BCUT2D eigenvalue weighted by molar-refractivity contribution is 0.0162. The molecule has 1 unspecified atom stereocenters. The summed E-state index contributed by atoms with van der Waals surface area (Å²) in [7, 11) is 0. The maximum Gasteiger partial charge on any atom is 0.410 e. The molecule has 2 aliphatic rings. The first-order valence-electron chi connectivity index (χ1n) is 6.53. The van der Waals surface area contributed by atoms with Crippen LogP contribution >= 0.6 is 0 Å². The summed E-state index contributed by atoms with van der Waals surface area (Å²) in [5, 5.41) is 9.44. The number of amides is 1. The molecule has 0 aromatic rings. The molecule has 0 aromatic carbocycles. The first-order chi connectivity index (χ1) is 8.35. The van der Waals surface area contributed by atoms with E-state index < -0.39 is 5.60 Å². The number of ether oxygens (including phenoxy) is 2. The third-order valence-corrected chi connectivity index (χ3v) is 3.64. The Morgan fingerprint density at radius 1 is 1.56 bits per heavy atom. The van der Waals surface area contributed by atoms with Crippen molar-refractivity contribution in [3.05, 3.63) is 0 Å². The van der Waals surface area contributed by atoms with E-state index in [9.17, 15) is 9.90 Å². The van der Waals surface area contributed by atoms with E-state index in [2.05, 4.69) is 0 Å². The minimum atomic E-state index is -0.501. The molecule has 1 amide bonds. The number of rotatable bonds is 1.